The molecule has 50 heteroatoms. The molecule has 0 amide bonds. The maximum atomic E-state index is 8.63. The monoisotopic (exact) mass is 2180 g/mol. The summed E-state index contributed by atoms with van der Waals surface area (Å²) in [6.45, 7) is 45.4. The molecule has 50 nitrogen and oxygen atoms in total. The van der Waals surface area contributed by atoms with Crippen LogP contribution in [0.25, 0.3) is 0 Å². The predicted molar refractivity (Wildman–Crippen MR) is 533 cm³/mol. The molecule has 0 aliphatic heterocycles. The van der Waals surface area contributed by atoms with Crippen LogP contribution in [0.4, 0.5) is 0 Å². The van der Waals surface area contributed by atoms with Crippen LogP contribution in [0, 0.1) is 0 Å². The fraction of sp³-hybridized carbons (Fsp3) is 1.00. The van der Waals surface area contributed by atoms with E-state index in [4.69, 9.17) is 238 Å². The molecule has 0 saturated heterocycles. The Morgan fingerprint density at radius 2 is 0.0743 bits per heavy atom. The number of hydrogen-bond acceptors (Lipinski definition) is 50. The second-order valence-electron chi connectivity index (χ2n) is 29.8. The molecule has 0 unspecified atom stereocenters. The molecular weight excluding hydrogens is 1980 g/mol. The van der Waals surface area contributed by atoms with Crippen molar-refractivity contribution in [1.82, 2.24) is 0 Å². The van der Waals surface area contributed by atoms with Gasteiger partial charge in [-0.25, -0.2) is 0 Å². The average Bonchev–Trinajstić information content (AvgIpc) is 1.10. The Labute approximate surface area is 881 Å². The van der Waals surface area contributed by atoms with Crippen LogP contribution in [0.15, 0.2) is 0 Å². The topological polar surface area (TPSA) is 484 Å². The molecule has 0 aromatic heterocycles. The quantitative estimate of drug-likeness (QED) is 0.0743. The predicted octanol–water partition coefficient (Wildman–Crippen LogP) is -0.232. The Kier molecular flexibility index (Phi) is 143. The standard InChI is InChI=1S/C98H198O50/c99-1-3-101-5-7-103-9-11-105-13-15-107-17-19-109-21-23-111-25-27-113-29-31-115-33-35-117-37-39-119-41-43-121-45-47-123-49-51-125-53-55-127-57-59-129-61-63-131-65-67-133-69-71-135-73-75-137-77-79-139-81-83-141-85-87-143-89-91-145-93-95-147-97-98-148-96-94-146-92-90-144-88-86-142-84-82-140-80-78-138-76-74-136-72-70-134-68-66-132-64-62-130-60-58-128-56-54-126-52-50-124-48-46-122-44-42-120-40-38-118-36-34-116-32-30-114-28-26-112-24-22-110-20-18-108-16-14-106-12-10-104-8-6-102-4-2-100/h99-100H,1-98H2. The van der Waals surface area contributed by atoms with E-state index in [1.54, 1.807) is 0 Å². The maximum absolute atomic E-state index is 8.63. The molecule has 0 bridgehead atoms. The number of ether oxygens (including phenoxy) is 48. The molecule has 0 aromatic rings. The fourth-order valence-corrected chi connectivity index (χ4v) is 10.6. The Balaban J connectivity index is 3.11. The van der Waals surface area contributed by atoms with Crippen molar-refractivity contribution in [2.75, 3.05) is 647 Å². The van der Waals surface area contributed by atoms with Gasteiger partial charge in [-0.2, -0.15) is 0 Å². The first-order valence-corrected chi connectivity index (χ1v) is 52.8. The van der Waals surface area contributed by atoms with Crippen molar-refractivity contribution in [3.63, 3.8) is 0 Å². The zero-order valence-corrected chi connectivity index (χ0v) is 89.8. The molecule has 0 heterocycles. The van der Waals surface area contributed by atoms with Crippen LogP contribution in [0.5, 0.6) is 0 Å². The maximum Gasteiger partial charge on any atom is 0.0701 e. The average molecular weight is 2180 g/mol. The molecule has 2 N–H and O–H groups in total. The molecule has 0 aliphatic rings. The van der Waals surface area contributed by atoms with Gasteiger partial charge in [0.2, 0.25) is 0 Å². The summed E-state index contributed by atoms with van der Waals surface area (Å²) in [6, 6.07) is 0. The first-order chi connectivity index (χ1) is 73.9. The van der Waals surface area contributed by atoms with Gasteiger partial charge in [-0.15, -0.1) is 0 Å². The number of rotatable bonds is 145. The molecule has 148 heavy (non-hydrogen) atoms. The summed E-state index contributed by atoms with van der Waals surface area (Å²) in [7, 11) is 0. The zero-order valence-electron chi connectivity index (χ0n) is 89.8. The molecule has 0 saturated carbocycles. The van der Waals surface area contributed by atoms with Crippen LogP contribution in [0.3, 0.4) is 0 Å². The number of hydrogen-bond donors (Lipinski definition) is 2. The molecule has 0 aliphatic carbocycles. The highest BCUT2D eigenvalue weighted by atomic mass is 16.7. The van der Waals surface area contributed by atoms with Crippen LogP contribution in [0.2, 0.25) is 0 Å². The van der Waals surface area contributed by atoms with Crippen molar-refractivity contribution in [2.24, 2.45) is 0 Å². The van der Waals surface area contributed by atoms with Gasteiger partial charge in [-0.3, -0.25) is 0 Å². The molecule has 0 atom stereocenters. The van der Waals surface area contributed by atoms with Crippen molar-refractivity contribution in [3.8, 4) is 0 Å². The summed E-state index contributed by atoms with van der Waals surface area (Å²) in [4.78, 5) is 0. The third kappa shape index (κ3) is 144. The lowest BCUT2D eigenvalue weighted by Gasteiger charge is -2.09. The third-order valence-electron chi connectivity index (χ3n) is 18.0. The summed E-state index contributed by atoms with van der Waals surface area (Å²) in [5.41, 5.74) is 0. The van der Waals surface area contributed by atoms with Crippen molar-refractivity contribution >= 4 is 0 Å². The second-order valence-corrected chi connectivity index (χ2v) is 29.8. The third-order valence-corrected chi connectivity index (χ3v) is 18.0. The molecular formula is C98H198O50. The Bertz CT molecular complexity index is 1870. The lowest BCUT2D eigenvalue weighted by molar-refractivity contribution is -0.0330. The van der Waals surface area contributed by atoms with Crippen LogP contribution in [0.1, 0.15) is 0 Å². The molecule has 0 aromatic carbocycles. The van der Waals surface area contributed by atoms with Gasteiger partial charge >= 0.3 is 0 Å². The summed E-state index contributed by atoms with van der Waals surface area (Å²) >= 11 is 0. The highest BCUT2D eigenvalue weighted by molar-refractivity contribution is 4.50. The van der Waals surface area contributed by atoms with Gasteiger partial charge in [0.25, 0.3) is 0 Å². The first kappa shape index (κ1) is 146. The minimum absolute atomic E-state index is 0.0138. The summed E-state index contributed by atoms with van der Waals surface area (Å²) in [6.07, 6.45) is 0. The summed E-state index contributed by atoms with van der Waals surface area (Å²) < 4.78 is 264. The molecule has 0 fully saturated rings. The Morgan fingerprint density at radius 1 is 0.0473 bits per heavy atom. The van der Waals surface area contributed by atoms with E-state index in [-0.39, 0.29) is 13.2 Å². The normalized spacial score (nSPS) is 11.9. The van der Waals surface area contributed by atoms with Gasteiger partial charge in [-0.05, 0) is 0 Å². The van der Waals surface area contributed by atoms with E-state index in [1.165, 1.54) is 0 Å². The molecule has 0 rings (SSSR count). The lowest BCUT2D eigenvalue weighted by Crippen LogP contribution is -2.16. The Morgan fingerprint density at radius 3 is 0.101 bits per heavy atom. The van der Waals surface area contributed by atoms with Gasteiger partial charge in [-0.1, -0.05) is 0 Å². The summed E-state index contributed by atoms with van der Waals surface area (Å²) in [5, 5.41) is 17.3. The van der Waals surface area contributed by atoms with Crippen LogP contribution >= 0.6 is 0 Å². The van der Waals surface area contributed by atoms with Gasteiger partial charge < -0.3 is 238 Å². The molecule has 890 valence electrons. The van der Waals surface area contributed by atoms with Crippen molar-refractivity contribution in [1.29, 1.82) is 0 Å². The first-order valence-electron chi connectivity index (χ1n) is 52.8. The number of aliphatic hydroxyl groups excluding tert-OH is 2. The van der Waals surface area contributed by atoms with E-state index in [2.05, 4.69) is 0 Å². The highest BCUT2D eigenvalue weighted by Gasteiger charge is 2.08. The molecule has 0 radical (unpaired) electrons. The van der Waals surface area contributed by atoms with E-state index in [0.717, 1.165) is 0 Å². The Hall–Kier alpha value is -2.00. The SMILES string of the molecule is OCCOCCOCCOCCOCCOCCOCCOCCOCCOCCOCCOCCOCCOCCOCCOCCOCCOCCOCCOCCOCCOCCOCCOCCOCCOCCOCCOCCOCCOCCOCCOCCOCCOCCOCCOCCOCCOCCOCCOCCOCCOCCOCCOCCOCCOCCOCCOCCOCCO. The van der Waals surface area contributed by atoms with E-state index in [0.29, 0.717) is 634 Å². The zero-order chi connectivity index (χ0) is 105. The van der Waals surface area contributed by atoms with Gasteiger partial charge in [0.05, 0.1) is 647 Å². The van der Waals surface area contributed by atoms with Gasteiger partial charge in [0.1, 0.15) is 0 Å². The van der Waals surface area contributed by atoms with E-state index >= 15 is 0 Å². The number of aliphatic hydroxyl groups is 2. The second kappa shape index (κ2) is 145. The van der Waals surface area contributed by atoms with E-state index in [1.807, 2.05) is 0 Å². The van der Waals surface area contributed by atoms with Crippen LogP contribution in [-0.2, 0) is 227 Å². The highest BCUT2D eigenvalue weighted by Crippen LogP contribution is 1.98. The largest absolute Gasteiger partial charge is 0.394 e. The summed E-state index contributed by atoms with van der Waals surface area (Å²) in [5.74, 6) is 0. The van der Waals surface area contributed by atoms with Crippen molar-refractivity contribution in [3.05, 3.63) is 0 Å². The lowest BCUT2D eigenvalue weighted by atomic mass is 10.6. The van der Waals surface area contributed by atoms with E-state index < -0.39 is 0 Å². The molecule has 0 spiro atoms. The minimum Gasteiger partial charge on any atom is -0.394 e. The van der Waals surface area contributed by atoms with Crippen LogP contribution < -0.4 is 0 Å². The fourth-order valence-electron chi connectivity index (χ4n) is 10.6. The smallest absolute Gasteiger partial charge is 0.0701 e. The van der Waals surface area contributed by atoms with Crippen LogP contribution in [-0.4, -0.2) is 658 Å². The van der Waals surface area contributed by atoms with E-state index in [9.17, 15) is 0 Å². The van der Waals surface area contributed by atoms with Crippen molar-refractivity contribution in [2.45, 2.75) is 0 Å². The van der Waals surface area contributed by atoms with Gasteiger partial charge in [0.15, 0.2) is 0 Å². The van der Waals surface area contributed by atoms with Crippen molar-refractivity contribution < 1.29 is 238 Å². The minimum atomic E-state index is 0.0138. The van der Waals surface area contributed by atoms with Gasteiger partial charge in [0, 0.05) is 0 Å².